The Morgan fingerprint density at radius 3 is 2.92 bits per heavy atom. The highest BCUT2D eigenvalue weighted by atomic mass is 16.5. The second-order valence-electron chi connectivity index (χ2n) is 2.52. The molecule has 0 saturated carbocycles. The molecule has 0 unspecified atom stereocenters. The van der Waals surface area contributed by atoms with Crippen LogP contribution in [0.3, 0.4) is 0 Å². The van der Waals surface area contributed by atoms with Crippen molar-refractivity contribution in [3.8, 4) is 5.75 Å². The molecule has 0 radical (unpaired) electrons. The third kappa shape index (κ3) is 1.74. The van der Waals surface area contributed by atoms with E-state index in [2.05, 4.69) is 4.98 Å². The van der Waals surface area contributed by atoms with Crippen molar-refractivity contribution in [3.05, 3.63) is 23.5 Å². The molecule has 0 spiro atoms. The molecule has 3 nitrogen and oxygen atoms in total. The van der Waals surface area contributed by atoms with Crippen molar-refractivity contribution < 1.29 is 4.74 Å². The molecule has 66 valence electrons. The number of hydrogen-bond donors (Lipinski definition) is 1. The second-order valence-corrected chi connectivity index (χ2v) is 2.52. The molecule has 0 aliphatic carbocycles. The van der Waals surface area contributed by atoms with Crippen molar-refractivity contribution in [1.29, 1.82) is 0 Å². The Bertz CT molecular complexity index is 261. The fourth-order valence-corrected chi connectivity index (χ4v) is 1.08. The summed E-state index contributed by atoms with van der Waals surface area (Å²) in [5.74, 6) is 0.882. The maximum absolute atomic E-state index is 5.50. The Morgan fingerprint density at radius 2 is 2.33 bits per heavy atom. The van der Waals surface area contributed by atoms with Gasteiger partial charge in [0.05, 0.1) is 12.3 Å². The standard InChI is InChI=1S/C9H14N2O/c1-3-12-9-4-5-11-8(6-10)7(9)2/h4-5H,3,6,10H2,1-2H3. The van der Waals surface area contributed by atoms with E-state index in [1.165, 1.54) is 0 Å². The zero-order valence-electron chi connectivity index (χ0n) is 7.50. The predicted octanol–water partition coefficient (Wildman–Crippen LogP) is 1.25. The molecule has 0 aliphatic heterocycles. The van der Waals surface area contributed by atoms with Crippen LogP contribution >= 0.6 is 0 Å². The van der Waals surface area contributed by atoms with E-state index in [1.54, 1.807) is 6.20 Å². The summed E-state index contributed by atoms with van der Waals surface area (Å²) in [6, 6.07) is 1.86. The number of nitrogens with two attached hydrogens (primary N) is 1. The molecule has 0 saturated heterocycles. The first-order chi connectivity index (χ1) is 5.79. The highest BCUT2D eigenvalue weighted by Gasteiger charge is 2.03. The fraction of sp³-hybridized carbons (Fsp3) is 0.444. The van der Waals surface area contributed by atoms with Gasteiger partial charge in [0.25, 0.3) is 0 Å². The van der Waals surface area contributed by atoms with Gasteiger partial charge in [-0.05, 0) is 19.9 Å². The Kier molecular flexibility index (Phi) is 3.05. The number of rotatable bonds is 3. The highest BCUT2D eigenvalue weighted by Crippen LogP contribution is 2.18. The summed E-state index contributed by atoms with van der Waals surface area (Å²) in [6.07, 6.45) is 1.72. The molecule has 0 fully saturated rings. The molecule has 0 aliphatic rings. The number of ether oxygens (including phenoxy) is 1. The molecule has 0 atom stereocenters. The Balaban J connectivity index is 2.97. The van der Waals surface area contributed by atoms with Gasteiger partial charge in [-0.1, -0.05) is 0 Å². The van der Waals surface area contributed by atoms with Gasteiger partial charge in [0.2, 0.25) is 0 Å². The van der Waals surface area contributed by atoms with Crippen LogP contribution in [0.4, 0.5) is 0 Å². The Hall–Kier alpha value is -1.09. The summed E-state index contributed by atoms with van der Waals surface area (Å²) in [4.78, 5) is 4.13. The van der Waals surface area contributed by atoms with Gasteiger partial charge in [-0.3, -0.25) is 4.98 Å². The zero-order valence-corrected chi connectivity index (χ0v) is 7.50. The monoisotopic (exact) mass is 166 g/mol. The van der Waals surface area contributed by atoms with E-state index in [0.717, 1.165) is 17.0 Å². The lowest BCUT2D eigenvalue weighted by Gasteiger charge is -2.08. The summed E-state index contributed by atoms with van der Waals surface area (Å²) >= 11 is 0. The van der Waals surface area contributed by atoms with Crippen LogP contribution in [-0.2, 0) is 6.54 Å². The quantitative estimate of drug-likeness (QED) is 0.735. The lowest BCUT2D eigenvalue weighted by molar-refractivity contribution is 0.337. The first-order valence-electron chi connectivity index (χ1n) is 4.07. The molecular formula is C9H14N2O. The summed E-state index contributed by atoms with van der Waals surface area (Å²) in [7, 11) is 0. The third-order valence-electron chi connectivity index (χ3n) is 1.75. The summed E-state index contributed by atoms with van der Waals surface area (Å²) in [5, 5.41) is 0. The van der Waals surface area contributed by atoms with Crippen LogP contribution in [0.2, 0.25) is 0 Å². The van der Waals surface area contributed by atoms with Gasteiger partial charge in [-0.2, -0.15) is 0 Å². The third-order valence-corrected chi connectivity index (χ3v) is 1.75. The molecular weight excluding hydrogens is 152 g/mol. The van der Waals surface area contributed by atoms with E-state index in [0.29, 0.717) is 13.2 Å². The smallest absolute Gasteiger partial charge is 0.125 e. The average Bonchev–Trinajstić information content (AvgIpc) is 2.09. The molecule has 1 heterocycles. The first kappa shape index (κ1) is 9.00. The minimum absolute atomic E-state index is 0.465. The van der Waals surface area contributed by atoms with Gasteiger partial charge < -0.3 is 10.5 Å². The first-order valence-corrected chi connectivity index (χ1v) is 4.07. The average molecular weight is 166 g/mol. The van der Waals surface area contributed by atoms with Crippen molar-refractivity contribution in [2.45, 2.75) is 20.4 Å². The normalized spacial score (nSPS) is 9.92. The SMILES string of the molecule is CCOc1ccnc(CN)c1C. The zero-order chi connectivity index (χ0) is 8.97. The molecule has 0 bridgehead atoms. The van der Waals surface area contributed by atoms with E-state index in [9.17, 15) is 0 Å². The maximum atomic E-state index is 5.50. The topological polar surface area (TPSA) is 48.1 Å². The van der Waals surface area contributed by atoms with E-state index >= 15 is 0 Å². The summed E-state index contributed by atoms with van der Waals surface area (Å²) < 4.78 is 5.38. The molecule has 3 heteroatoms. The van der Waals surface area contributed by atoms with Gasteiger partial charge in [-0.25, -0.2) is 0 Å². The van der Waals surface area contributed by atoms with Crippen LogP contribution in [0.15, 0.2) is 12.3 Å². The van der Waals surface area contributed by atoms with E-state index in [1.807, 2.05) is 19.9 Å². The van der Waals surface area contributed by atoms with Crippen molar-refractivity contribution in [2.75, 3.05) is 6.61 Å². The van der Waals surface area contributed by atoms with Crippen LogP contribution in [-0.4, -0.2) is 11.6 Å². The van der Waals surface area contributed by atoms with E-state index < -0.39 is 0 Å². The lowest BCUT2D eigenvalue weighted by atomic mass is 10.2. The largest absolute Gasteiger partial charge is 0.493 e. The van der Waals surface area contributed by atoms with Crippen LogP contribution in [0.1, 0.15) is 18.2 Å². The maximum Gasteiger partial charge on any atom is 0.125 e. The number of hydrogen-bond acceptors (Lipinski definition) is 3. The predicted molar refractivity (Wildman–Crippen MR) is 48.0 cm³/mol. The molecule has 0 amide bonds. The Morgan fingerprint density at radius 1 is 1.58 bits per heavy atom. The number of pyridine rings is 1. The van der Waals surface area contributed by atoms with Crippen LogP contribution in [0, 0.1) is 6.92 Å². The van der Waals surface area contributed by atoms with Crippen LogP contribution in [0.25, 0.3) is 0 Å². The van der Waals surface area contributed by atoms with Crippen molar-refractivity contribution in [1.82, 2.24) is 4.98 Å². The van der Waals surface area contributed by atoms with Crippen molar-refractivity contribution in [2.24, 2.45) is 5.73 Å². The van der Waals surface area contributed by atoms with Crippen molar-refractivity contribution >= 4 is 0 Å². The van der Waals surface area contributed by atoms with Gasteiger partial charge in [0.1, 0.15) is 5.75 Å². The van der Waals surface area contributed by atoms with E-state index in [-0.39, 0.29) is 0 Å². The number of nitrogens with zero attached hydrogens (tertiary/aromatic N) is 1. The van der Waals surface area contributed by atoms with Crippen molar-refractivity contribution in [3.63, 3.8) is 0 Å². The Labute approximate surface area is 72.6 Å². The number of aromatic nitrogens is 1. The van der Waals surface area contributed by atoms with Crippen LogP contribution < -0.4 is 10.5 Å². The van der Waals surface area contributed by atoms with Gasteiger partial charge in [-0.15, -0.1) is 0 Å². The van der Waals surface area contributed by atoms with E-state index in [4.69, 9.17) is 10.5 Å². The molecule has 1 aromatic heterocycles. The molecule has 0 aromatic carbocycles. The molecule has 2 N–H and O–H groups in total. The van der Waals surface area contributed by atoms with Gasteiger partial charge in [0, 0.05) is 18.3 Å². The molecule has 12 heavy (non-hydrogen) atoms. The summed E-state index contributed by atoms with van der Waals surface area (Å²) in [5.41, 5.74) is 7.44. The van der Waals surface area contributed by atoms with Gasteiger partial charge >= 0.3 is 0 Å². The summed E-state index contributed by atoms with van der Waals surface area (Å²) in [6.45, 7) is 5.07. The highest BCUT2D eigenvalue weighted by molar-refractivity contribution is 5.34. The molecule has 1 rings (SSSR count). The molecule has 1 aromatic rings. The van der Waals surface area contributed by atoms with Gasteiger partial charge in [0.15, 0.2) is 0 Å². The van der Waals surface area contributed by atoms with Crippen LogP contribution in [0.5, 0.6) is 5.75 Å². The minimum atomic E-state index is 0.465. The lowest BCUT2D eigenvalue weighted by Crippen LogP contribution is -2.04. The second kappa shape index (κ2) is 4.07. The minimum Gasteiger partial charge on any atom is -0.493 e. The fourth-order valence-electron chi connectivity index (χ4n) is 1.08.